The number of para-hydroxylation sites is 3. The largest absolute Gasteiger partial charge is 3.00 e. The van der Waals surface area contributed by atoms with E-state index in [1.54, 1.807) is 6.20 Å². The average Bonchev–Trinajstić information content (AvgIpc) is 1.62. The molecule has 11 aromatic carbocycles. The molecule has 1 saturated carbocycles. The zero-order valence-corrected chi connectivity index (χ0v) is 69.5. The number of halogens is 6. The van der Waals surface area contributed by atoms with Crippen molar-refractivity contribution in [2.75, 3.05) is 0 Å². The molecule has 17 rings (SSSR count). The van der Waals surface area contributed by atoms with E-state index in [0.29, 0.717) is 11.8 Å². The molecule has 1 fully saturated rings. The molecule has 19 heteroatoms. The molecule has 0 amide bonds. The van der Waals surface area contributed by atoms with Gasteiger partial charge in [0.2, 0.25) is 0 Å². The Balaban J connectivity index is 0.000000209. The van der Waals surface area contributed by atoms with Gasteiger partial charge in [-0.25, -0.2) is 19.9 Å². The normalized spacial score (nSPS) is 11.4. The summed E-state index contributed by atoms with van der Waals surface area (Å²) in [4.78, 5) is 22.8. The number of fused-ring (bicyclic) bond motifs is 2. The van der Waals surface area contributed by atoms with Crippen LogP contribution in [0.1, 0.15) is 98.3 Å². The van der Waals surface area contributed by atoms with Crippen LogP contribution in [0.3, 0.4) is 0 Å². The van der Waals surface area contributed by atoms with E-state index in [1.165, 1.54) is 73.6 Å². The van der Waals surface area contributed by atoms with Crippen LogP contribution in [0.4, 0.5) is 22.0 Å². The maximum Gasteiger partial charge on any atom is 3.00 e. The predicted octanol–water partition coefficient (Wildman–Crippen LogP) is 28.1. The van der Waals surface area contributed by atoms with Gasteiger partial charge in [0, 0.05) is 116 Å². The maximum absolute atomic E-state index is 9.75. The first-order chi connectivity index (χ1) is 53.2. The zero-order chi connectivity index (χ0) is 76.3. The molecule has 10 nitrogen and oxygen atoms in total. The van der Waals surface area contributed by atoms with Crippen LogP contribution in [-0.4, -0.2) is 45.9 Å². The molecule has 0 unspecified atom stereocenters. The Morgan fingerprint density at radius 1 is 0.381 bits per heavy atom. The number of oxazole rings is 2. The number of aromatic nitrogens is 8. The first kappa shape index (κ1) is 89.7. The molecule has 0 atom stereocenters. The van der Waals surface area contributed by atoms with Crippen LogP contribution < -0.4 is 0 Å². The molecule has 0 saturated heterocycles. The molecule has 0 aliphatic heterocycles. The molecule has 0 spiro atoms. The molecule has 5 heterocycles. The number of nitrogens with zero attached hydrogens (tertiary/aromatic N) is 8. The van der Waals surface area contributed by atoms with Gasteiger partial charge in [-0.05, 0) is 67.5 Å². The SMILES string of the molecule is Brc1nccn1-c1c(-c2ccccc2)cccc1-c1ccccc1.C.C1CCCCCCC1.C[CH-]C.C[CH-]C.Cc1nc2cc(-c3nccn3-c3c(-c4ccccc4)cccc3-c3ccccc3)[c-]cc2o1.Cc1nc2cc(-c3nccn3-c3c(-c4ccccc4)cccc3-c3ccccc3)ccc2o1.F.F[B-](F)(F)F.[Ir+3].[Ir]. The maximum atomic E-state index is 9.75. The van der Waals surface area contributed by atoms with E-state index in [-0.39, 0.29) is 52.3 Å². The zero-order valence-electron chi connectivity index (χ0n) is 63.1. The van der Waals surface area contributed by atoms with E-state index in [0.717, 1.165) is 111 Å². The molecule has 16 aromatic rings. The van der Waals surface area contributed by atoms with Crippen LogP contribution in [0.15, 0.2) is 318 Å². The van der Waals surface area contributed by atoms with Crippen molar-refractivity contribution in [3.63, 3.8) is 0 Å². The third kappa shape index (κ3) is 24.3. The van der Waals surface area contributed by atoms with Crippen molar-refractivity contribution in [3.05, 3.63) is 340 Å². The van der Waals surface area contributed by atoms with E-state index in [2.05, 4.69) is 251 Å². The fourth-order valence-electron chi connectivity index (χ4n) is 13.1. The van der Waals surface area contributed by atoms with Gasteiger partial charge < -0.3 is 43.5 Å². The standard InChI is InChI=1S/C29H21N3O.C29H20N3O.C21H15BrN2.C8H16.2C3H7.CH4.BF4.FH.2Ir/c2*1-20-31-26-19-23(15-16-27(26)33-20)29-30-17-18-32(29)28-24(21-9-4-2-5-10-21)13-8-14-25(28)22-11-6-3-7-12-22;22-21-23-14-15-24(21)20-18(16-8-3-1-4-9-16)12-7-13-19(20)17-10-5-2-6-11-17;1-2-4-6-8-7-5-3-1;2*1-3-2;;2-1(3,4)5;;;/h2-19H,1H3;2-14,16-19H,1H3;1-15H;1-8H2;2*3H,1-2H3;1H4;;1H;;/q;-1;;;2*-1;;-1;;;+3. The van der Waals surface area contributed by atoms with Crippen LogP contribution in [0, 0.1) is 32.8 Å². The smallest absolute Gasteiger partial charge is 0.488 e. The Labute approximate surface area is 696 Å². The van der Waals surface area contributed by atoms with Gasteiger partial charge in [0.25, 0.3) is 0 Å². The summed E-state index contributed by atoms with van der Waals surface area (Å²) in [6.07, 6.45) is 27.5. The van der Waals surface area contributed by atoms with E-state index in [9.17, 15) is 17.3 Å². The fraction of sp³-hybridized carbons (Fsp3) is 0.160. The summed E-state index contributed by atoms with van der Waals surface area (Å²) in [6, 6.07) is 95.3. The summed E-state index contributed by atoms with van der Waals surface area (Å²) in [5.74, 6) is 2.96. The van der Waals surface area contributed by atoms with Crippen LogP contribution in [0.25, 0.3) is 129 Å². The molecule has 113 heavy (non-hydrogen) atoms. The van der Waals surface area contributed by atoms with Gasteiger partial charge in [-0.3, -0.25) is 18.8 Å². The number of benzene rings is 11. The Morgan fingerprint density at radius 2 is 0.664 bits per heavy atom. The van der Waals surface area contributed by atoms with Crippen LogP contribution in [0.2, 0.25) is 0 Å². The van der Waals surface area contributed by atoms with Crippen LogP contribution in [-0.2, 0) is 40.2 Å². The number of imidazole rings is 3. The topological polar surface area (TPSA) is 106 Å². The van der Waals surface area contributed by atoms with E-state index < -0.39 is 7.25 Å². The second kappa shape index (κ2) is 45.2. The van der Waals surface area contributed by atoms with Crippen molar-refractivity contribution in [1.29, 1.82) is 0 Å². The first-order valence-electron chi connectivity index (χ1n) is 36.7. The van der Waals surface area contributed by atoms with Gasteiger partial charge in [0.1, 0.15) is 11.3 Å². The number of hydrogen-bond acceptors (Lipinski definition) is 7. The predicted molar refractivity (Wildman–Crippen MR) is 453 cm³/mol. The number of hydrogen-bond donors (Lipinski definition) is 0. The minimum atomic E-state index is -6.00. The van der Waals surface area contributed by atoms with Crippen molar-refractivity contribution in [2.24, 2.45) is 0 Å². The molecule has 5 aromatic heterocycles. The molecular formula is C94H91BBrF5Ir2N8O2-. The fourth-order valence-corrected chi connectivity index (χ4v) is 13.5. The first-order valence-corrected chi connectivity index (χ1v) is 37.5. The summed E-state index contributed by atoms with van der Waals surface area (Å²) >= 11 is 3.57. The molecule has 583 valence electrons. The second-order valence-corrected chi connectivity index (χ2v) is 26.5. The van der Waals surface area contributed by atoms with Gasteiger partial charge in [-0.15, -0.1) is 23.8 Å². The summed E-state index contributed by atoms with van der Waals surface area (Å²) in [6.45, 7) is 11.7. The minimum Gasteiger partial charge on any atom is -0.488 e. The summed E-state index contributed by atoms with van der Waals surface area (Å²) in [5, 5.41) is 0. The monoisotopic (exact) mass is 1930 g/mol. The van der Waals surface area contributed by atoms with Crippen molar-refractivity contribution >= 4 is 45.4 Å². The van der Waals surface area contributed by atoms with Gasteiger partial charge in [-0.1, -0.05) is 295 Å². The third-order valence-electron chi connectivity index (χ3n) is 17.6. The number of aryl methyl sites for hydroxylation is 2. The van der Waals surface area contributed by atoms with Gasteiger partial charge in [0.05, 0.1) is 28.5 Å². The van der Waals surface area contributed by atoms with Crippen LogP contribution >= 0.6 is 15.9 Å². The quantitative estimate of drug-likeness (QED) is 0.0721. The minimum absolute atomic E-state index is 0. The Hall–Kier alpha value is -10.5. The molecule has 1 aliphatic rings. The molecule has 0 bridgehead atoms. The summed E-state index contributed by atoms with van der Waals surface area (Å²) in [5.41, 5.74) is 22.2. The van der Waals surface area contributed by atoms with E-state index >= 15 is 0 Å². The molecule has 1 radical (unpaired) electrons. The summed E-state index contributed by atoms with van der Waals surface area (Å²) < 4.78 is 57.5. The number of rotatable bonds is 11. The third-order valence-corrected chi connectivity index (χ3v) is 18.2. The van der Waals surface area contributed by atoms with Crippen molar-refractivity contribution in [1.82, 2.24) is 38.6 Å². The second-order valence-electron chi connectivity index (χ2n) is 25.8. The molecule has 1 aliphatic carbocycles. The van der Waals surface area contributed by atoms with Crippen molar-refractivity contribution in [2.45, 2.75) is 100 Å². The van der Waals surface area contributed by atoms with Crippen molar-refractivity contribution in [3.8, 4) is 107 Å². The van der Waals surface area contributed by atoms with Gasteiger partial charge >= 0.3 is 27.4 Å². The van der Waals surface area contributed by atoms with Crippen molar-refractivity contribution < 1.29 is 71.0 Å². The van der Waals surface area contributed by atoms with Gasteiger partial charge in [-0.2, -0.15) is 27.7 Å². The Morgan fingerprint density at radius 3 is 0.991 bits per heavy atom. The van der Waals surface area contributed by atoms with E-state index in [4.69, 9.17) is 18.8 Å². The average molecular weight is 1930 g/mol. The summed E-state index contributed by atoms with van der Waals surface area (Å²) in [7, 11) is -6.00. The van der Waals surface area contributed by atoms with Gasteiger partial charge in [0.15, 0.2) is 22.1 Å². The van der Waals surface area contributed by atoms with Crippen LogP contribution in [0.5, 0.6) is 0 Å². The van der Waals surface area contributed by atoms with E-state index in [1.807, 2.05) is 152 Å². The Kier molecular flexibility index (Phi) is 35.9. The molecular weight excluding hydrogens is 1840 g/mol. The molecule has 0 N–H and O–H groups in total. The Bertz CT molecular complexity index is 5010.